The fourth-order valence-corrected chi connectivity index (χ4v) is 5.97. The van der Waals surface area contributed by atoms with Gasteiger partial charge in [0, 0.05) is 45.8 Å². The Labute approximate surface area is 238 Å². The van der Waals surface area contributed by atoms with Crippen molar-refractivity contribution >= 4 is 5.57 Å². The average molecular weight is 570 g/mol. The topological polar surface area (TPSA) is 9.72 Å². The maximum absolute atomic E-state index is 13.6. The first-order valence-electron chi connectivity index (χ1n) is 14.3. The molecule has 0 N–H and O–H groups in total. The van der Waals surface area contributed by atoms with Crippen LogP contribution in [0, 0.1) is 11.6 Å². The second-order valence-corrected chi connectivity index (χ2v) is 11.0. The number of piperidine rings is 1. The minimum atomic E-state index is -4.33. The molecule has 0 radical (unpaired) electrons. The smallest absolute Gasteiger partial charge is 0.303 e. The highest BCUT2D eigenvalue weighted by Gasteiger charge is 2.33. The molecule has 0 saturated carbocycles. The molecule has 0 bridgehead atoms. The number of hydrogen-bond acceptors (Lipinski definition) is 3. The van der Waals surface area contributed by atoms with Crippen LogP contribution < -0.4 is 0 Å². The number of hydrogen-bond donors (Lipinski definition) is 0. The lowest BCUT2D eigenvalue weighted by atomic mass is 9.88. The third-order valence-corrected chi connectivity index (χ3v) is 8.21. The summed E-state index contributed by atoms with van der Waals surface area (Å²) in [5, 5.41) is 0. The Kier molecular flexibility index (Phi) is 9.53. The van der Waals surface area contributed by atoms with E-state index in [4.69, 9.17) is 0 Å². The maximum atomic E-state index is 13.6. The number of nitrogens with zero attached hydrogens (tertiary/aromatic N) is 3. The van der Waals surface area contributed by atoms with E-state index in [0.29, 0.717) is 12.1 Å². The van der Waals surface area contributed by atoms with Crippen molar-refractivity contribution in [3.8, 4) is 0 Å². The Morgan fingerprint density at radius 2 is 1.10 bits per heavy atom. The van der Waals surface area contributed by atoms with Crippen LogP contribution in [-0.4, -0.2) is 67.1 Å². The molecule has 2 aliphatic rings. The quantitative estimate of drug-likeness (QED) is 0.268. The van der Waals surface area contributed by atoms with Gasteiger partial charge in [0.25, 0.3) is 0 Å². The predicted molar refractivity (Wildman–Crippen MR) is 152 cm³/mol. The van der Waals surface area contributed by atoms with Crippen molar-refractivity contribution in [2.45, 2.75) is 32.0 Å². The van der Waals surface area contributed by atoms with Crippen LogP contribution in [0.3, 0.4) is 0 Å². The number of likely N-dealkylation sites (tertiary alicyclic amines) is 1. The summed E-state index contributed by atoms with van der Waals surface area (Å²) < 4.78 is 67.2. The Balaban J connectivity index is 1.10. The lowest BCUT2D eigenvalue weighted by Gasteiger charge is -2.36. The molecular weight excluding hydrogens is 533 g/mol. The molecule has 3 nitrogen and oxygen atoms in total. The van der Waals surface area contributed by atoms with Gasteiger partial charge in [-0.2, -0.15) is 13.2 Å². The zero-order valence-corrected chi connectivity index (χ0v) is 23.1. The highest BCUT2D eigenvalue weighted by molar-refractivity contribution is 5.82. The summed E-state index contributed by atoms with van der Waals surface area (Å²) >= 11 is 0. The summed E-state index contributed by atoms with van der Waals surface area (Å²) in [4.78, 5) is 6.99. The zero-order valence-electron chi connectivity index (χ0n) is 23.1. The Hall–Kier alpha value is -3.07. The molecule has 0 amide bonds. The van der Waals surface area contributed by atoms with Gasteiger partial charge < -0.3 is 9.80 Å². The van der Waals surface area contributed by atoms with E-state index in [0.717, 1.165) is 94.4 Å². The van der Waals surface area contributed by atoms with Crippen LogP contribution in [0.1, 0.15) is 41.5 Å². The van der Waals surface area contributed by atoms with Gasteiger partial charge >= 0.3 is 6.18 Å². The van der Waals surface area contributed by atoms with Crippen molar-refractivity contribution in [2.75, 3.05) is 52.4 Å². The first kappa shape index (κ1) is 29.4. The van der Waals surface area contributed by atoms with E-state index >= 15 is 0 Å². The van der Waals surface area contributed by atoms with E-state index < -0.39 is 11.7 Å². The summed E-state index contributed by atoms with van der Waals surface area (Å²) in [5.74, 6) is -0.555. The van der Waals surface area contributed by atoms with Gasteiger partial charge in [-0.05, 0) is 84.9 Å². The second kappa shape index (κ2) is 13.3. The van der Waals surface area contributed by atoms with Crippen LogP contribution in [0.25, 0.3) is 5.57 Å². The monoisotopic (exact) mass is 569 g/mol. The number of piperazine rings is 1. The van der Waals surface area contributed by atoms with E-state index in [2.05, 4.69) is 14.7 Å². The minimum Gasteiger partial charge on any atom is -0.303 e. The van der Waals surface area contributed by atoms with Crippen molar-refractivity contribution in [3.63, 3.8) is 0 Å². The number of alkyl halides is 3. The van der Waals surface area contributed by atoms with Crippen LogP contribution in [0.5, 0.6) is 0 Å². The summed E-state index contributed by atoms with van der Waals surface area (Å²) in [7, 11) is 0. The summed E-state index contributed by atoms with van der Waals surface area (Å²) in [5.41, 5.74) is 4.08. The van der Waals surface area contributed by atoms with Crippen molar-refractivity contribution in [1.82, 2.24) is 14.7 Å². The summed E-state index contributed by atoms with van der Waals surface area (Å²) in [6.07, 6.45) is -1.48. The predicted octanol–water partition coefficient (Wildman–Crippen LogP) is 7.09. The third-order valence-electron chi connectivity index (χ3n) is 8.21. The summed E-state index contributed by atoms with van der Waals surface area (Å²) in [6, 6.07) is 18.9. The SMILES string of the molecule is Fc1ccc(C(=C2CCN(CCCN3CCN(Cc4ccccc4C(F)(F)F)CC3)CC2)c2ccc(F)cc2)cc1. The molecule has 41 heavy (non-hydrogen) atoms. The standard InChI is InChI=1S/C33H36F5N3/c34-29-10-6-25(7-11-29)32(26-8-12-30(35)13-9-26)27-14-18-39(19-15-27)16-3-17-40-20-22-41(23-21-40)24-28-4-1-2-5-31(28)33(36,37)38/h1-2,4-13H,3,14-24H2. The van der Waals surface area contributed by atoms with E-state index in [-0.39, 0.29) is 11.6 Å². The van der Waals surface area contributed by atoms with Crippen molar-refractivity contribution in [3.05, 3.63) is 112 Å². The fourth-order valence-electron chi connectivity index (χ4n) is 5.97. The van der Waals surface area contributed by atoms with Gasteiger partial charge in [-0.3, -0.25) is 4.90 Å². The number of rotatable bonds is 8. The van der Waals surface area contributed by atoms with E-state index in [1.807, 2.05) is 0 Å². The van der Waals surface area contributed by atoms with Gasteiger partial charge in [0.15, 0.2) is 0 Å². The van der Waals surface area contributed by atoms with Crippen LogP contribution in [0.15, 0.2) is 78.4 Å². The van der Waals surface area contributed by atoms with Gasteiger partial charge in [0.2, 0.25) is 0 Å². The molecule has 2 heterocycles. The number of halogens is 5. The molecular formula is C33H36F5N3. The lowest BCUT2D eigenvalue weighted by molar-refractivity contribution is -0.138. The van der Waals surface area contributed by atoms with Gasteiger partial charge in [-0.1, -0.05) is 48.0 Å². The van der Waals surface area contributed by atoms with Crippen molar-refractivity contribution in [2.24, 2.45) is 0 Å². The molecule has 8 heteroatoms. The first-order chi connectivity index (χ1) is 19.8. The fraction of sp³-hybridized carbons (Fsp3) is 0.394. The molecule has 3 aromatic carbocycles. The first-order valence-corrected chi connectivity index (χ1v) is 14.3. The van der Waals surface area contributed by atoms with E-state index in [9.17, 15) is 22.0 Å². The molecule has 3 aromatic rings. The van der Waals surface area contributed by atoms with Crippen LogP contribution >= 0.6 is 0 Å². The van der Waals surface area contributed by atoms with E-state index in [1.54, 1.807) is 36.4 Å². The van der Waals surface area contributed by atoms with Gasteiger partial charge in [0.1, 0.15) is 11.6 Å². The molecule has 0 aromatic heterocycles. The van der Waals surface area contributed by atoms with Crippen LogP contribution in [0.4, 0.5) is 22.0 Å². The van der Waals surface area contributed by atoms with Crippen molar-refractivity contribution in [1.29, 1.82) is 0 Å². The van der Waals surface area contributed by atoms with E-state index in [1.165, 1.54) is 35.9 Å². The minimum absolute atomic E-state index is 0.278. The second-order valence-electron chi connectivity index (χ2n) is 11.0. The molecule has 2 aliphatic heterocycles. The maximum Gasteiger partial charge on any atom is 0.416 e. The Morgan fingerprint density at radius 3 is 1.63 bits per heavy atom. The average Bonchev–Trinajstić information content (AvgIpc) is 2.97. The van der Waals surface area contributed by atoms with Gasteiger partial charge in [-0.15, -0.1) is 0 Å². The molecule has 0 spiro atoms. The molecule has 218 valence electrons. The molecule has 2 saturated heterocycles. The van der Waals surface area contributed by atoms with Crippen molar-refractivity contribution < 1.29 is 22.0 Å². The Morgan fingerprint density at radius 1 is 0.610 bits per heavy atom. The third kappa shape index (κ3) is 7.82. The molecule has 0 unspecified atom stereocenters. The summed E-state index contributed by atoms with van der Waals surface area (Å²) in [6.45, 7) is 7.42. The molecule has 5 rings (SSSR count). The normalized spacial score (nSPS) is 17.6. The molecule has 0 atom stereocenters. The van der Waals surface area contributed by atoms with Gasteiger partial charge in [-0.25, -0.2) is 8.78 Å². The number of benzene rings is 3. The van der Waals surface area contributed by atoms with Crippen LogP contribution in [0.2, 0.25) is 0 Å². The lowest BCUT2D eigenvalue weighted by Crippen LogP contribution is -2.46. The molecule has 0 aliphatic carbocycles. The highest BCUT2D eigenvalue weighted by Crippen LogP contribution is 2.34. The van der Waals surface area contributed by atoms with Crippen LogP contribution in [-0.2, 0) is 12.7 Å². The van der Waals surface area contributed by atoms with Gasteiger partial charge in [0.05, 0.1) is 5.56 Å². The molecule has 2 fully saturated rings. The largest absolute Gasteiger partial charge is 0.416 e. The Bertz CT molecular complexity index is 1250. The highest BCUT2D eigenvalue weighted by atomic mass is 19.4. The zero-order chi connectivity index (χ0) is 28.8.